The average Bonchev–Trinajstić information content (AvgIpc) is 3.14. The Morgan fingerprint density at radius 3 is 2.67 bits per heavy atom. The predicted molar refractivity (Wildman–Crippen MR) is 94.3 cm³/mol. The lowest BCUT2D eigenvalue weighted by molar-refractivity contribution is -0.140. The molecule has 2 aromatic heterocycles. The zero-order valence-corrected chi connectivity index (χ0v) is 15.2. The fourth-order valence-corrected chi connectivity index (χ4v) is 3.27. The van der Waals surface area contributed by atoms with Gasteiger partial charge in [-0.15, -0.1) is 0 Å². The van der Waals surface area contributed by atoms with E-state index in [1.54, 1.807) is 0 Å². The Balaban J connectivity index is 1.94. The number of hydrogen-bond acceptors (Lipinski definition) is 3. The van der Waals surface area contributed by atoms with Gasteiger partial charge in [0.05, 0.1) is 29.3 Å². The topological polar surface area (TPSA) is 51.0 Å². The maximum absolute atomic E-state index is 12.7. The zero-order valence-electron chi connectivity index (χ0n) is 15.2. The van der Waals surface area contributed by atoms with Crippen LogP contribution in [0, 0.1) is 12.3 Å². The van der Waals surface area contributed by atoms with Gasteiger partial charge in [0.15, 0.2) is 0 Å². The molecule has 0 aliphatic carbocycles. The van der Waals surface area contributed by atoms with Gasteiger partial charge in [0, 0.05) is 19.0 Å². The number of rotatable bonds is 2. The number of likely N-dealkylation sites (tertiary alicyclic amines) is 1. The molecule has 5 heteroatoms. The Bertz CT molecular complexity index is 757. The summed E-state index contributed by atoms with van der Waals surface area (Å²) < 4.78 is 2.04. The quantitative estimate of drug-likeness (QED) is 0.849. The molecule has 3 heterocycles. The molecule has 0 bridgehead atoms. The number of carbonyl (C=O) groups is 1. The summed E-state index contributed by atoms with van der Waals surface area (Å²) in [5, 5.41) is 0. The Labute approximate surface area is 143 Å². The van der Waals surface area contributed by atoms with Gasteiger partial charge in [-0.3, -0.25) is 4.79 Å². The highest BCUT2D eigenvalue weighted by molar-refractivity contribution is 5.82. The van der Waals surface area contributed by atoms with E-state index < -0.39 is 0 Å². The first-order valence-corrected chi connectivity index (χ1v) is 8.56. The number of aromatic nitrogens is 3. The van der Waals surface area contributed by atoms with Crippen molar-refractivity contribution in [3.63, 3.8) is 0 Å². The molecule has 0 saturated carbocycles. The first-order chi connectivity index (χ1) is 11.3. The smallest absolute Gasteiger partial charge is 0.228 e. The molecule has 0 N–H and O–H groups in total. The van der Waals surface area contributed by atoms with Crippen LogP contribution in [-0.2, 0) is 11.8 Å². The lowest BCUT2D eigenvalue weighted by Crippen LogP contribution is -2.39. The second-order valence-corrected chi connectivity index (χ2v) is 7.60. The number of nitrogens with zero attached hydrogens (tertiary/aromatic N) is 4. The molecule has 1 saturated heterocycles. The standard InChI is InChI=1S/C19H26N4O/c1-13-20-12-17(22(13)5)15-9-6-8-14(21-15)16-10-7-11-23(16)18(24)19(2,3)4/h6,8-9,12,16H,7,10-11H2,1-5H3/t16-/m0/s1. The minimum Gasteiger partial charge on any atom is -0.334 e. The molecule has 0 spiro atoms. The molecule has 1 fully saturated rings. The van der Waals surface area contributed by atoms with Crippen LogP contribution in [0.15, 0.2) is 24.4 Å². The van der Waals surface area contributed by atoms with Crippen molar-refractivity contribution in [2.45, 2.75) is 46.6 Å². The Hall–Kier alpha value is -2.17. The van der Waals surface area contributed by atoms with Gasteiger partial charge in [0.2, 0.25) is 5.91 Å². The molecule has 0 radical (unpaired) electrons. The molecule has 1 aliphatic heterocycles. The van der Waals surface area contributed by atoms with Crippen LogP contribution in [0.25, 0.3) is 11.4 Å². The lowest BCUT2D eigenvalue weighted by atomic mass is 9.94. The minimum atomic E-state index is -0.362. The lowest BCUT2D eigenvalue weighted by Gasteiger charge is -2.30. The van der Waals surface area contributed by atoms with Crippen molar-refractivity contribution in [2.24, 2.45) is 12.5 Å². The summed E-state index contributed by atoms with van der Waals surface area (Å²) in [5.74, 6) is 1.16. The highest BCUT2D eigenvalue weighted by Crippen LogP contribution is 2.35. The number of imidazole rings is 1. The molecule has 24 heavy (non-hydrogen) atoms. The van der Waals surface area contributed by atoms with Crippen molar-refractivity contribution in [3.05, 3.63) is 35.9 Å². The van der Waals surface area contributed by atoms with Crippen LogP contribution in [-0.4, -0.2) is 31.9 Å². The molecule has 0 aromatic carbocycles. The monoisotopic (exact) mass is 326 g/mol. The second kappa shape index (κ2) is 6.04. The molecule has 1 aliphatic rings. The van der Waals surface area contributed by atoms with Crippen molar-refractivity contribution < 1.29 is 4.79 Å². The van der Waals surface area contributed by atoms with Gasteiger partial charge in [-0.1, -0.05) is 26.8 Å². The molecule has 5 nitrogen and oxygen atoms in total. The number of pyridine rings is 1. The second-order valence-electron chi connectivity index (χ2n) is 7.60. The maximum atomic E-state index is 12.7. The Morgan fingerprint density at radius 2 is 2.04 bits per heavy atom. The zero-order chi connectivity index (χ0) is 17.5. The van der Waals surface area contributed by atoms with Crippen molar-refractivity contribution in [1.82, 2.24) is 19.4 Å². The molecule has 0 unspecified atom stereocenters. The summed E-state index contributed by atoms with van der Waals surface area (Å²) >= 11 is 0. The first-order valence-electron chi connectivity index (χ1n) is 8.56. The fraction of sp³-hybridized carbons (Fsp3) is 0.526. The van der Waals surface area contributed by atoms with E-state index in [9.17, 15) is 4.79 Å². The maximum Gasteiger partial charge on any atom is 0.228 e. The van der Waals surface area contributed by atoms with E-state index in [0.29, 0.717) is 0 Å². The summed E-state index contributed by atoms with van der Waals surface area (Å²) in [5.41, 5.74) is 2.52. The third-order valence-corrected chi connectivity index (χ3v) is 4.75. The third kappa shape index (κ3) is 2.95. The highest BCUT2D eigenvalue weighted by atomic mass is 16.2. The number of carbonyl (C=O) groups excluding carboxylic acids is 1. The van der Waals surface area contributed by atoms with Gasteiger partial charge in [0.25, 0.3) is 0 Å². The van der Waals surface area contributed by atoms with Crippen LogP contribution >= 0.6 is 0 Å². The fourth-order valence-electron chi connectivity index (χ4n) is 3.27. The van der Waals surface area contributed by atoms with Gasteiger partial charge in [-0.05, 0) is 31.9 Å². The SMILES string of the molecule is Cc1ncc(-c2cccc([C@@H]3CCCN3C(=O)C(C)(C)C)n2)n1C. The molecule has 3 rings (SSSR count). The van der Waals surface area contributed by atoms with E-state index in [4.69, 9.17) is 4.98 Å². The van der Waals surface area contributed by atoms with E-state index in [1.165, 1.54) is 0 Å². The molecular weight excluding hydrogens is 300 g/mol. The largest absolute Gasteiger partial charge is 0.334 e. The minimum absolute atomic E-state index is 0.0750. The number of hydrogen-bond donors (Lipinski definition) is 0. The van der Waals surface area contributed by atoms with E-state index in [2.05, 4.69) is 4.98 Å². The van der Waals surface area contributed by atoms with Crippen LogP contribution in [0.5, 0.6) is 0 Å². The molecule has 1 atom stereocenters. The van der Waals surface area contributed by atoms with Crippen LogP contribution in [0.1, 0.15) is 51.2 Å². The van der Waals surface area contributed by atoms with Gasteiger partial charge in [-0.25, -0.2) is 9.97 Å². The van der Waals surface area contributed by atoms with Crippen molar-refractivity contribution >= 4 is 5.91 Å². The molecule has 1 amide bonds. The van der Waals surface area contributed by atoms with Crippen molar-refractivity contribution in [2.75, 3.05) is 6.54 Å². The first kappa shape index (κ1) is 16.7. The summed E-state index contributed by atoms with van der Waals surface area (Å²) in [4.78, 5) is 24.0. The summed E-state index contributed by atoms with van der Waals surface area (Å²) in [7, 11) is 2.00. The number of amides is 1. The molecule has 2 aromatic rings. The van der Waals surface area contributed by atoms with Crippen molar-refractivity contribution in [1.29, 1.82) is 0 Å². The van der Waals surface area contributed by atoms with Gasteiger partial charge in [0.1, 0.15) is 5.82 Å². The van der Waals surface area contributed by atoms with Crippen LogP contribution in [0.3, 0.4) is 0 Å². The summed E-state index contributed by atoms with van der Waals surface area (Å²) in [6.07, 6.45) is 3.86. The van der Waals surface area contributed by atoms with Gasteiger partial charge in [-0.2, -0.15) is 0 Å². The highest BCUT2D eigenvalue weighted by Gasteiger charge is 2.36. The van der Waals surface area contributed by atoms with E-state index in [1.807, 2.05) is 68.6 Å². The van der Waals surface area contributed by atoms with Gasteiger partial charge < -0.3 is 9.47 Å². The summed E-state index contributed by atoms with van der Waals surface area (Å²) in [6.45, 7) is 8.73. The molecular formula is C19H26N4O. The van der Waals surface area contributed by atoms with Crippen LogP contribution in [0.4, 0.5) is 0 Å². The number of aryl methyl sites for hydroxylation is 1. The third-order valence-electron chi connectivity index (χ3n) is 4.75. The van der Waals surface area contributed by atoms with Crippen molar-refractivity contribution in [3.8, 4) is 11.4 Å². The Morgan fingerprint density at radius 1 is 1.29 bits per heavy atom. The van der Waals surface area contributed by atoms with Crippen LogP contribution < -0.4 is 0 Å². The molecule has 128 valence electrons. The predicted octanol–water partition coefficient (Wildman–Crippen LogP) is 3.50. The average molecular weight is 326 g/mol. The van der Waals surface area contributed by atoms with Gasteiger partial charge >= 0.3 is 0 Å². The van der Waals surface area contributed by atoms with Crippen LogP contribution in [0.2, 0.25) is 0 Å². The van der Waals surface area contributed by atoms with E-state index >= 15 is 0 Å². The van der Waals surface area contributed by atoms with E-state index in [-0.39, 0.29) is 17.4 Å². The Kier molecular flexibility index (Phi) is 4.20. The normalized spacial score (nSPS) is 18.2. The van der Waals surface area contributed by atoms with E-state index in [0.717, 1.165) is 42.3 Å². The summed E-state index contributed by atoms with van der Waals surface area (Å²) in [6, 6.07) is 6.14.